The molecule has 0 aliphatic heterocycles. The predicted molar refractivity (Wildman–Crippen MR) is 99.5 cm³/mol. The zero-order valence-corrected chi connectivity index (χ0v) is 16.2. The second kappa shape index (κ2) is 7.32. The fourth-order valence-corrected chi connectivity index (χ4v) is 3.40. The van der Waals surface area contributed by atoms with Crippen molar-refractivity contribution < 1.29 is 13.2 Å². The smallest absolute Gasteiger partial charge is 0.262 e. The molecule has 8 nitrogen and oxygen atoms in total. The summed E-state index contributed by atoms with van der Waals surface area (Å²) in [5.41, 5.74) is 0.266. The number of nitrogens with zero attached hydrogens (tertiary/aromatic N) is 4. The minimum Gasteiger partial charge on any atom is -0.495 e. The Bertz CT molecular complexity index is 871. The molecule has 0 aliphatic carbocycles. The molecule has 136 valence electrons. The summed E-state index contributed by atoms with van der Waals surface area (Å²) in [7, 11) is 4.74. The van der Waals surface area contributed by atoms with E-state index >= 15 is 0 Å². The lowest BCUT2D eigenvalue weighted by Gasteiger charge is -2.19. The van der Waals surface area contributed by atoms with Gasteiger partial charge in [0.25, 0.3) is 10.0 Å². The summed E-state index contributed by atoms with van der Waals surface area (Å²) in [6.07, 6.45) is 1.43. The number of halogens is 1. The Morgan fingerprint density at radius 1 is 1.16 bits per heavy atom. The normalized spacial score (nSPS) is 11.1. The maximum absolute atomic E-state index is 12.7. The number of aromatic nitrogens is 2. The summed E-state index contributed by atoms with van der Waals surface area (Å²) in [6, 6.07) is 4.24. The lowest BCUT2D eigenvalue weighted by Crippen LogP contribution is -2.21. The number of benzene rings is 1. The molecule has 1 aromatic heterocycles. The van der Waals surface area contributed by atoms with Crippen LogP contribution in [0.15, 0.2) is 29.3 Å². The third kappa shape index (κ3) is 4.23. The van der Waals surface area contributed by atoms with E-state index in [9.17, 15) is 8.42 Å². The van der Waals surface area contributed by atoms with E-state index in [1.54, 1.807) is 38.0 Å². The van der Waals surface area contributed by atoms with Gasteiger partial charge in [0.15, 0.2) is 5.82 Å². The van der Waals surface area contributed by atoms with Crippen molar-refractivity contribution in [1.29, 1.82) is 0 Å². The number of rotatable bonds is 6. The molecule has 0 amide bonds. The Labute approximate surface area is 152 Å². The first-order valence-electron chi connectivity index (χ1n) is 7.23. The molecule has 1 N–H and O–H groups in total. The molecule has 0 spiro atoms. The molecular weight excluding hydrogens is 366 g/mol. The molecule has 0 saturated carbocycles. The van der Waals surface area contributed by atoms with Gasteiger partial charge in [0, 0.05) is 28.2 Å². The molecule has 0 aliphatic rings. The van der Waals surface area contributed by atoms with Crippen molar-refractivity contribution in [2.24, 2.45) is 0 Å². The topological polar surface area (TPSA) is 87.7 Å². The first-order valence-corrected chi connectivity index (χ1v) is 9.10. The van der Waals surface area contributed by atoms with Gasteiger partial charge in [-0.25, -0.2) is 13.4 Å². The molecule has 0 bridgehead atoms. The number of hydrogen-bond acceptors (Lipinski definition) is 7. The molecule has 0 atom stereocenters. The lowest BCUT2D eigenvalue weighted by atomic mass is 10.3. The van der Waals surface area contributed by atoms with Gasteiger partial charge in [0.1, 0.15) is 11.4 Å². The highest BCUT2D eigenvalue weighted by Crippen LogP contribution is 2.29. The minimum atomic E-state index is -3.86. The van der Waals surface area contributed by atoms with Gasteiger partial charge >= 0.3 is 0 Å². The van der Waals surface area contributed by atoms with Crippen LogP contribution in [0.1, 0.15) is 0 Å². The number of nitrogens with one attached hydrogen (secondary N) is 1. The van der Waals surface area contributed by atoms with Crippen molar-refractivity contribution in [1.82, 2.24) is 9.97 Å². The highest BCUT2D eigenvalue weighted by atomic mass is 35.5. The number of ether oxygens (including phenoxy) is 1. The first-order chi connectivity index (χ1) is 11.7. The quantitative estimate of drug-likeness (QED) is 0.814. The molecule has 2 aromatic rings. The van der Waals surface area contributed by atoms with Gasteiger partial charge in [-0.1, -0.05) is 11.6 Å². The third-order valence-corrected chi connectivity index (χ3v) is 4.92. The van der Waals surface area contributed by atoms with E-state index in [0.717, 1.165) is 0 Å². The molecule has 0 unspecified atom stereocenters. The SMILES string of the molecule is COc1ccc(S(=O)(=O)Nc2cnc(N(C)C)nc2N(C)C)cc1Cl. The average Bonchev–Trinajstić information content (AvgIpc) is 2.54. The Kier molecular flexibility index (Phi) is 5.58. The molecule has 1 aromatic carbocycles. The van der Waals surface area contributed by atoms with Crippen LogP contribution < -0.4 is 19.3 Å². The van der Waals surface area contributed by atoms with Crippen LogP contribution in [0.25, 0.3) is 0 Å². The second-order valence-electron chi connectivity index (χ2n) is 5.60. The molecule has 25 heavy (non-hydrogen) atoms. The molecular formula is C15H20ClN5O3S. The highest BCUT2D eigenvalue weighted by Gasteiger charge is 2.20. The lowest BCUT2D eigenvalue weighted by molar-refractivity contribution is 0.414. The van der Waals surface area contributed by atoms with Gasteiger partial charge in [-0.3, -0.25) is 4.72 Å². The maximum Gasteiger partial charge on any atom is 0.262 e. The van der Waals surface area contributed by atoms with Crippen LogP contribution in [0.2, 0.25) is 5.02 Å². The summed E-state index contributed by atoms with van der Waals surface area (Å²) in [5, 5.41) is 0.206. The Morgan fingerprint density at radius 3 is 2.36 bits per heavy atom. The van der Waals surface area contributed by atoms with Crippen LogP contribution in [0.3, 0.4) is 0 Å². The zero-order valence-electron chi connectivity index (χ0n) is 14.6. The maximum atomic E-state index is 12.7. The Balaban J connectivity index is 2.42. The minimum absolute atomic E-state index is 0.0136. The number of methoxy groups -OCH3 is 1. The van der Waals surface area contributed by atoms with Crippen LogP contribution >= 0.6 is 11.6 Å². The predicted octanol–water partition coefficient (Wildman–Crippen LogP) is 2.07. The van der Waals surface area contributed by atoms with Crippen LogP contribution in [0, 0.1) is 0 Å². The van der Waals surface area contributed by atoms with E-state index < -0.39 is 10.0 Å². The summed E-state index contributed by atoms with van der Waals surface area (Å²) in [6.45, 7) is 0. The van der Waals surface area contributed by atoms with Gasteiger partial charge in [0.05, 0.1) is 23.2 Å². The van der Waals surface area contributed by atoms with E-state index in [4.69, 9.17) is 16.3 Å². The molecule has 0 radical (unpaired) electrons. The van der Waals surface area contributed by atoms with E-state index in [2.05, 4.69) is 14.7 Å². The van der Waals surface area contributed by atoms with Crippen molar-refractivity contribution in [3.8, 4) is 5.75 Å². The van der Waals surface area contributed by atoms with Crippen molar-refractivity contribution >= 4 is 39.1 Å². The first kappa shape index (κ1) is 19.1. The van der Waals surface area contributed by atoms with E-state index in [1.165, 1.54) is 31.5 Å². The van der Waals surface area contributed by atoms with Crippen LogP contribution in [-0.2, 0) is 10.0 Å². The largest absolute Gasteiger partial charge is 0.495 e. The van der Waals surface area contributed by atoms with Crippen molar-refractivity contribution in [2.75, 3.05) is 49.8 Å². The standard InChI is InChI=1S/C15H20ClN5O3S/c1-20(2)14-12(9-17-15(18-14)21(3)4)19-25(22,23)10-6-7-13(24-5)11(16)8-10/h6-9,19H,1-5H3. The van der Waals surface area contributed by atoms with E-state index in [0.29, 0.717) is 17.5 Å². The Hall–Kier alpha value is -2.26. The summed E-state index contributed by atoms with van der Waals surface area (Å²) in [4.78, 5) is 12.0. The van der Waals surface area contributed by atoms with Crippen molar-refractivity contribution in [3.63, 3.8) is 0 Å². The third-order valence-electron chi connectivity index (χ3n) is 3.26. The van der Waals surface area contributed by atoms with E-state index in [-0.39, 0.29) is 15.6 Å². The van der Waals surface area contributed by atoms with Gasteiger partial charge in [0.2, 0.25) is 5.95 Å². The number of anilines is 3. The summed E-state index contributed by atoms with van der Waals surface area (Å²) < 4.78 is 32.8. The fourth-order valence-electron chi connectivity index (χ4n) is 2.01. The van der Waals surface area contributed by atoms with Crippen molar-refractivity contribution in [3.05, 3.63) is 29.4 Å². The number of hydrogen-bond donors (Lipinski definition) is 1. The summed E-state index contributed by atoms with van der Waals surface area (Å²) in [5.74, 6) is 1.31. The second-order valence-corrected chi connectivity index (χ2v) is 7.69. The van der Waals surface area contributed by atoms with Gasteiger partial charge < -0.3 is 14.5 Å². The molecule has 1 heterocycles. The van der Waals surface area contributed by atoms with Crippen LogP contribution in [-0.4, -0.2) is 53.7 Å². The van der Waals surface area contributed by atoms with Crippen LogP contribution in [0.4, 0.5) is 17.5 Å². The highest BCUT2D eigenvalue weighted by molar-refractivity contribution is 7.92. The fraction of sp³-hybridized carbons (Fsp3) is 0.333. The molecule has 0 saturated heterocycles. The van der Waals surface area contributed by atoms with Crippen LogP contribution in [0.5, 0.6) is 5.75 Å². The molecule has 0 fully saturated rings. The summed E-state index contributed by atoms with van der Waals surface area (Å²) >= 11 is 6.02. The molecule has 2 rings (SSSR count). The van der Waals surface area contributed by atoms with E-state index in [1.807, 2.05) is 0 Å². The Morgan fingerprint density at radius 2 is 1.84 bits per heavy atom. The van der Waals surface area contributed by atoms with Gasteiger partial charge in [-0.15, -0.1) is 0 Å². The van der Waals surface area contributed by atoms with Gasteiger partial charge in [-0.05, 0) is 18.2 Å². The van der Waals surface area contributed by atoms with Crippen molar-refractivity contribution in [2.45, 2.75) is 4.90 Å². The zero-order chi connectivity index (χ0) is 18.8. The average molecular weight is 386 g/mol. The number of sulfonamides is 1. The molecule has 10 heteroatoms. The van der Waals surface area contributed by atoms with Gasteiger partial charge in [-0.2, -0.15) is 4.98 Å². The monoisotopic (exact) mass is 385 g/mol.